The van der Waals surface area contributed by atoms with Gasteiger partial charge in [0.15, 0.2) is 5.60 Å². The van der Waals surface area contributed by atoms with Crippen molar-refractivity contribution in [3.8, 4) is 5.75 Å². The fourth-order valence-corrected chi connectivity index (χ4v) is 4.92. The first-order valence-electron chi connectivity index (χ1n) is 10.8. The second kappa shape index (κ2) is 7.80. The Labute approximate surface area is 188 Å². The van der Waals surface area contributed by atoms with Gasteiger partial charge in [-0.05, 0) is 47.2 Å². The highest BCUT2D eigenvalue weighted by molar-refractivity contribution is 5.93. The summed E-state index contributed by atoms with van der Waals surface area (Å²) in [7, 11) is 0. The van der Waals surface area contributed by atoms with Crippen LogP contribution in [0.1, 0.15) is 62.3 Å². The number of phenolic OH excluding ortho intramolecular Hbond substituents is 1. The molecule has 3 aromatic rings. The van der Waals surface area contributed by atoms with Gasteiger partial charge in [-0.1, -0.05) is 39.8 Å². The predicted octanol–water partition coefficient (Wildman–Crippen LogP) is 5.82. The highest BCUT2D eigenvalue weighted by atomic mass is 19.4. The van der Waals surface area contributed by atoms with Crippen molar-refractivity contribution in [3.63, 3.8) is 0 Å². The third-order valence-electron chi connectivity index (χ3n) is 7.02. The average molecular weight is 461 g/mol. The maximum Gasteiger partial charge on any atom is 0.419 e. The molecule has 0 spiro atoms. The minimum absolute atomic E-state index is 0.0577. The highest BCUT2D eigenvalue weighted by Crippen LogP contribution is 2.57. The number of fused-ring (bicyclic) bond motifs is 2. The number of rotatable bonds is 3. The second-order valence-electron chi connectivity index (χ2n) is 9.15. The van der Waals surface area contributed by atoms with E-state index in [1.54, 1.807) is 25.1 Å². The van der Waals surface area contributed by atoms with E-state index < -0.39 is 35.3 Å². The van der Waals surface area contributed by atoms with E-state index in [0.717, 1.165) is 0 Å². The van der Waals surface area contributed by atoms with Crippen molar-refractivity contribution >= 4 is 16.5 Å². The number of hydrogen-bond donors (Lipinski definition) is 3. The molecule has 3 N–H and O–H groups in total. The van der Waals surface area contributed by atoms with Crippen molar-refractivity contribution in [2.45, 2.75) is 57.3 Å². The highest BCUT2D eigenvalue weighted by Gasteiger charge is 2.65. The van der Waals surface area contributed by atoms with Crippen molar-refractivity contribution < 1.29 is 27.8 Å². The Bertz CT molecular complexity index is 1270. The summed E-state index contributed by atoms with van der Waals surface area (Å²) in [6.45, 7) is 6.66. The van der Waals surface area contributed by atoms with Gasteiger partial charge in [0.25, 0.3) is 0 Å². The summed E-state index contributed by atoms with van der Waals surface area (Å²) in [5.74, 6) is -2.17. The van der Waals surface area contributed by atoms with Gasteiger partial charge in [0.2, 0.25) is 0 Å². The third kappa shape index (κ3) is 3.47. The number of phenols is 1. The number of benzene rings is 2. The molecule has 8 heteroatoms. The molecule has 5 nitrogen and oxygen atoms in total. The normalized spacial score (nSPS) is 25.3. The van der Waals surface area contributed by atoms with E-state index in [0.29, 0.717) is 16.5 Å². The summed E-state index contributed by atoms with van der Waals surface area (Å²) in [5.41, 5.74) is -2.29. The lowest BCUT2D eigenvalue weighted by Crippen LogP contribution is -2.60. The first kappa shape index (κ1) is 23.2. The zero-order chi connectivity index (χ0) is 24.3. The van der Waals surface area contributed by atoms with Gasteiger partial charge in [-0.2, -0.15) is 13.2 Å². The fourth-order valence-electron chi connectivity index (χ4n) is 4.92. The van der Waals surface area contributed by atoms with Gasteiger partial charge in [0, 0.05) is 22.6 Å². The van der Waals surface area contributed by atoms with Crippen molar-refractivity contribution in [3.05, 3.63) is 69.8 Å². The summed E-state index contributed by atoms with van der Waals surface area (Å²) < 4.78 is 48.4. The minimum Gasteiger partial charge on any atom is -0.508 e. The molecule has 176 valence electrons. The maximum absolute atomic E-state index is 14.5. The molecule has 1 heterocycles. The molecule has 0 bridgehead atoms. The lowest BCUT2D eigenvalue weighted by atomic mass is 9.63. The van der Waals surface area contributed by atoms with Crippen LogP contribution in [0.25, 0.3) is 10.8 Å². The van der Waals surface area contributed by atoms with E-state index in [-0.39, 0.29) is 28.3 Å². The molecular weight excluding hydrogens is 435 g/mol. The van der Waals surface area contributed by atoms with Crippen LogP contribution in [-0.4, -0.2) is 22.0 Å². The van der Waals surface area contributed by atoms with Crippen molar-refractivity contribution in [1.29, 1.82) is 0 Å². The van der Waals surface area contributed by atoms with Crippen LogP contribution in [0.5, 0.6) is 5.75 Å². The Morgan fingerprint density at radius 3 is 2.45 bits per heavy atom. The molecule has 4 rings (SSSR count). The molecule has 0 fully saturated rings. The number of hydrogen-bond acceptors (Lipinski definition) is 5. The largest absolute Gasteiger partial charge is 0.508 e. The monoisotopic (exact) mass is 461 g/mol. The van der Waals surface area contributed by atoms with Crippen LogP contribution in [0.3, 0.4) is 0 Å². The Morgan fingerprint density at radius 1 is 1.12 bits per heavy atom. The van der Waals surface area contributed by atoms with E-state index in [1.807, 2.05) is 13.8 Å². The van der Waals surface area contributed by atoms with E-state index >= 15 is 0 Å². The fraction of sp³-hybridized carbons (Fsp3) is 0.400. The summed E-state index contributed by atoms with van der Waals surface area (Å²) in [6, 6.07) is 7.66. The Balaban J connectivity index is 2.01. The summed E-state index contributed by atoms with van der Waals surface area (Å²) in [6.07, 6.45) is -3.79. The van der Waals surface area contributed by atoms with Crippen molar-refractivity contribution in [2.75, 3.05) is 5.32 Å². The second-order valence-corrected chi connectivity index (χ2v) is 9.15. The first-order chi connectivity index (χ1) is 15.4. The third-order valence-corrected chi connectivity index (χ3v) is 7.02. The van der Waals surface area contributed by atoms with Crippen LogP contribution in [0.4, 0.5) is 18.9 Å². The SMILES string of the molecule is CC(C)c1cc(O)c2c(c1)C(Nc1cccc3c(=O)occc13)C(O)(C(F)(F)F)C(C)C2C. The minimum atomic E-state index is -4.97. The summed E-state index contributed by atoms with van der Waals surface area (Å²) in [4.78, 5) is 12.1. The molecule has 4 atom stereocenters. The smallest absolute Gasteiger partial charge is 0.419 e. The van der Waals surface area contributed by atoms with Crippen molar-refractivity contribution in [1.82, 2.24) is 0 Å². The molecule has 4 unspecified atom stereocenters. The average Bonchev–Trinajstić information content (AvgIpc) is 2.74. The van der Waals surface area contributed by atoms with Gasteiger partial charge in [0.1, 0.15) is 5.75 Å². The van der Waals surface area contributed by atoms with Gasteiger partial charge in [-0.25, -0.2) is 4.79 Å². The molecule has 0 saturated heterocycles. The zero-order valence-corrected chi connectivity index (χ0v) is 18.7. The Morgan fingerprint density at radius 2 is 1.82 bits per heavy atom. The lowest BCUT2D eigenvalue weighted by molar-refractivity contribution is -0.289. The molecule has 0 aliphatic heterocycles. The van der Waals surface area contributed by atoms with Crippen LogP contribution in [0.15, 0.2) is 51.9 Å². The topological polar surface area (TPSA) is 82.7 Å². The van der Waals surface area contributed by atoms with Crippen LogP contribution >= 0.6 is 0 Å². The molecule has 2 aromatic carbocycles. The Hall–Kier alpha value is -3.00. The van der Waals surface area contributed by atoms with Gasteiger partial charge in [-0.15, -0.1) is 0 Å². The predicted molar refractivity (Wildman–Crippen MR) is 120 cm³/mol. The van der Waals surface area contributed by atoms with Gasteiger partial charge in [0.05, 0.1) is 17.7 Å². The maximum atomic E-state index is 14.5. The van der Waals surface area contributed by atoms with Gasteiger partial charge < -0.3 is 19.9 Å². The van der Waals surface area contributed by atoms with E-state index in [4.69, 9.17) is 4.42 Å². The van der Waals surface area contributed by atoms with E-state index in [9.17, 15) is 28.2 Å². The van der Waals surface area contributed by atoms with Gasteiger partial charge in [-0.3, -0.25) is 0 Å². The Kier molecular flexibility index (Phi) is 5.47. The number of aromatic hydroxyl groups is 1. The number of alkyl halides is 3. The molecule has 1 aromatic heterocycles. The standard InChI is InChI=1S/C25H26F3NO4/c1-12(2)15-10-18-21(20(30)11-15)13(3)14(4)24(32,25(26,27)28)22(18)29-19-7-5-6-17-16(19)8-9-33-23(17)31/h5-14,22,29-30,32H,1-4H3. The molecule has 0 saturated carbocycles. The molecule has 1 aliphatic carbocycles. The molecule has 0 radical (unpaired) electrons. The number of halogens is 3. The first-order valence-corrected chi connectivity index (χ1v) is 10.8. The summed E-state index contributed by atoms with van der Waals surface area (Å²) in [5, 5.41) is 25.6. The van der Waals surface area contributed by atoms with Crippen LogP contribution in [0, 0.1) is 5.92 Å². The quantitative estimate of drug-likeness (QED) is 0.458. The number of aliphatic hydroxyl groups is 1. The zero-order valence-electron chi connectivity index (χ0n) is 18.7. The molecule has 1 aliphatic rings. The van der Waals surface area contributed by atoms with Crippen molar-refractivity contribution in [2.24, 2.45) is 5.92 Å². The molecule has 0 amide bonds. The van der Waals surface area contributed by atoms with Gasteiger partial charge >= 0.3 is 11.8 Å². The lowest BCUT2D eigenvalue weighted by Gasteiger charge is -2.49. The van der Waals surface area contributed by atoms with E-state index in [1.165, 1.54) is 31.4 Å². The van der Waals surface area contributed by atoms with Crippen LogP contribution in [0.2, 0.25) is 0 Å². The van der Waals surface area contributed by atoms with Crippen LogP contribution in [-0.2, 0) is 0 Å². The summed E-state index contributed by atoms with van der Waals surface area (Å²) >= 11 is 0. The molecule has 33 heavy (non-hydrogen) atoms. The number of anilines is 1. The molecular formula is C25H26F3NO4. The number of nitrogens with one attached hydrogen (secondary N) is 1. The van der Waals surface area contributed by atoms with E-state index in [2.05, 4.69) is 5.32 Å². The van der Waals surface area contributed by atoms with Crippen LogP contribution < -0.4 is 10.9 Å².